The molecule has 4 nitrogen and oxygen atoms in total. The maximum Gasteiger partial charge on any atom is 0.196 e. The summed E-state index contributed by atoms with van der Waals surface area (Å²) in [4.78, 5) is 1.17. The van der Waals surface area contributed by atoms with Gasteiger partial charge in [-0.25, -0.2) is 0 Å². The highest BCUT2D eigenvalue weighted by Gasteiger charge is 2.14. The van der Waals surface area contributed by atoms with Gasteiger partial charge in [0.05, 0.1) is 6.04 Å². The van der Waals surface area contributed by atoms with E-state index >= 15 is 0 Å². The topological polar surface area (TPSA) is 56.7 Å². The zero-order valence-electron chi connectivity index (χ0n) is 10.9. The smallest absolute Gasteiger partial charge is 0.196 e. The van der Waals surface area contributed by atoms with Gasteiger partial charge in [0.25, 0.3) is 0 Å². The van der Waals surface area contributed by atoms with Crippen molar-refractivity contribution in [3.05, 3.63) is 35.7 Å². The van der Waals surface area contributed by atoms with Crippen LogP contribution in [0.15, 0.2) is 34.3 Å². The zero-order chi connectivity index (χ0) is 13.1. The van der Waals surface area contributed by atoms with Gasteiger partial charge in [-0.1, -0.05) is 17.7 Å². The summed E-state index contributed by atoms with van der Waals surface area (Å²) in [6.07, 6.45) is 0. The summed E-state index contributed by atoms with van der Waals surface area (Å²) in [5.41, 5.74) is 7.14. The molecule has 0 radical (unpaired) electrons. The van der Waals surface area contributed by atoms with Crippen LogP contribution in [0, 0.1) is 6.92 Å². The Morgan fingerprint density at radius 3 is 2.50 bits per heavy atom. The van der Waals surface area contributed by atoms with Gasteiger partial charge >= 0.3 is 0 Å². The largest absolute Gasteiger partial charge is 0.322 e. The molecule has 0 aliphatic rings. The Morgan fingerprint density at radius 2 is 1.94 bits per heavy atom. The maximum absolute atomic E-state index is 5.88. The average molecular weight is 262 g/mol. The molecule has 1 heterocycles. The van der Waals surface area contributed by atoms with Crippen LogP contribution in [0.25, 0.3) is 0 Å². The lowest BCUT2D eigenvalue weighted by molar-refractivity contribution is 0.602. The van der Waals surface area contributed by atoms with Crippen molar-refractivity contribution in [3.8, 4) is 0 Å². The van der Waals surface area contributed by atoms with E-state index in [9.17, 15) is 0 Å². The third kappa shape index (κ3) is 2.73. The molecule has 1 unspecified atom stereocenters. The third-order valence-electron chi connectivity index (χ3n) is 2.70. The second kappa shape index (κ2) is 5.54. The van der Waals surface area contributed by atoms with Crippen molar-refractivity contribution >= 4 is 11.8 Å². The molecule has 0 amide bonds. The van der Waals surface area contributed by atoms with Crippen LogP contribution in [0.5, 0.6) is 0 Å². The zero-order valence-corrected chi connectivity index (χ0v) is 11.7. The molecular weight excluding hydrogens is 244 g/mol. The summed E-state index contributed by atoms with van der Waals surface area (Å²) in [7, 11) is 0. The second-order valence-corrected chi connectivity index (χ2v) is 5.33. The summed E-state index contributed by atoms with van der Waals surface area (Å²) in [5.74, 6) is 0.840. The molecule has 1 aromatic heterocycles. The van der Waals surface area contributed by atoms with Crippen LogP contribution in [0.1, 0.15) is 31.3 Å². The summed E-state index contributed by atoms with van der Waals surface area (Å²) in [6.45, 7) is 6.92. The summed E-state index contributed by atoms with van der Waals surface area (Å²) in [5, 5.41) is 9.29. The van der Waals surface area contributed by atoms with Gasteiger partial charge in [0.1, 0.15) is 5.82 Å². The number of nitrogens with zero attached hydrogens (tertiary/aromatic N) is 3. The maximum atomic E-state index is 5.88. The van der Waals surface area contributed by atoms with Crippen LogP contribution in [-0.4, -0.2) is 14.8 Å². The van der Waals surface area contributed by atoms with Gasteiger partial charge in [-0.05, 0) is 44.7 Å². The lowest BCUT2D eigenvalue weighted by atomic mass is 10.2. The van der Waals surface area contributed by atoms with E-state index in [0.717, 1.165) is 17.5 Å². The first-order valence-electron chi connectivity index (χ1n) is 6.05. The van der Waals surface area contributed by atoms with Gasteiger partial charge in [0, 0.05) is 11.4 Å². The van der Waals surface area contributed by atoms with Crippen molar-refractivity contribution in [2.75, 3.05) is 0 Å². The van der Waals surface area contributed by atoms with Gasteiger partial charge < -0.3 is 10.3 Å². The van der Waals surface area contributed by atoms with Crippen LogP contribution in [0.2, 0.25) is 0 Å². The second-order valence-electron chi connectivity index (χ2n) is 4.29. The van der Waals surface area contributed by atoms with E-state index < -0.39 is 0 Å². The molecule has 96 valence electrons. The Kier molecular flexibility index (Phi) is 4.04. The number of nitrogens with two attached hydrogens (primary N) is 1. The van der Waals surface area contributed by atoms with E-state index in [2.05, 4.69) is 52.9 Å². The predicted molar refractivity (Wildman–Crippen MR) is 73.6 cm³/mol. The summed E-state index contributed by atoms with van der Waals surface area (Å²) in [6, 6.07) is 8.30. The van der Waals surface area contributed by atoms with Crippen molar-refractivity contribution < 1.29 is 0 Å². The van der Waals surface area contributed by atoms with E-state index in [1.807, 2.05) is 6.92 Å². The van der Waals surface area contributed by atoms with Gasteiger partial charge in [-0.2, -0.15) is 0 Å². The quantitative estimate of drug-likeness (QED) is 0.920. The Hall–Kier alpha value is -1.33. The number of hydrogen-bond donors (Lipinski definition) is 1. The number of aromatic nitrogens is 3. The lowest BCUT2D eigenvalue weighted by Crippen LogP contribution is -2.13. The molecule has 2 aromatic rings. The van der Waals surface area contributed by atoms with Crippen molar-refractivity contribution in [3.63, 3.8) is 0 Å². The van der Waals surface area contributed by atoms with Crippen LogP contribution in [0.3, 0.4) is 0 Å². The fraction of sp³-hybridized carbons (Fsp3) is 0.385. The van der Waals surface area contributed by atoms with E-state index in [1.165, 1.54) is 10.5 Å². The van der Waals surface area contributed by atoms with Gasteiger partial charge in [0.15, 0.2) is 5.16 Å². The highest BCUT2D eigenvalue weighted by atomic mass is 32.2. The Balaban J connectivity index is 2.26. The molecule has 18 heavy (non-hydrogen) atoms. The molecule has 0 aliphatic carbocycles. The van der Waals surface area contributed by atoms with Gasteiger partial charge in [0.2, 0.25) is 0 Å². The predicted octanol–water partition coefficient (Wildman–Crippen LogP) is 2.78. The Bertz CT molecular complexity index is 516. The molecule has 0 aliphatic heterocycles. The monoisotopic (exact) mass is 262 g/mol. The van der Waals surface area contributed by atoms with Crippen LogP contribution in [-0.2, 0) is 6.54 Å². The normalized spacial score (nSPS) is 12.7. The van der Waals surface area contributed by atoms with Crippen LogP contribution in [0.4, 0.5) is 0 Å². The molecule has 1 aromatic carbocycles. The van der Waals surface area contributed by atoms with Crippen molar-refractivity contribution in [1.82, 2.24) is 14.8 Å². The van der Waals surface area contributed by atoms with E-state index in [0.29, 0.717) is 0 Å². The number of benzene rings is 1. The minimum atomic E-state index is -0.0928. The Labute approximate surface area is 112 Å². The molecule has 0 bridgehead atoms. The van der Waals surface area contributed by atoms with Gasteiger partial charge in [-0.15, -0.1) is 10.2 Å². The number of rotatable bonds is 4. The van der Waals surface area contributed by atoms with Crippen molar-refractivity contribution in [2.24, 2.45) is 5.73 Å². The molecule has 5 heteroatoms. The van der Waals surface area contributed by atoms with Crippen LogP contribution >= 0.6 is 11.8 Å². The minimum absolute atomic E-state index is 0.0928. The molecule has 0 saturated carbocycles. The van der Waals surface area contributed by atoms with E-state index in [-0.39, 0.29) is 6.04 Å². The number of aryl methyl sites for hydroxylation is 1. The SMILES string of the molecule is CCn1c(Sc2ccc(C)cc2)nnc1C(C)N. The molecule has 2 N–H and O–H groups in total. The third-order valence-corrected chi connectivity index (χ3v) is 3.69. The summed E-state index contributed by atoms with van der Waals surface area (Å²) < 4.78 is 2.06. The molecular formula is C13H18N4S. The molecule has 1 atom stereocenters. The highest BCUT2D eigenvalue weighted by molar-refractivity contribution is 7.99. The first-order chi connectivity index (χ1) is 8.61. The van der Waals surface area contributed by atoms with Crippen molar-refractivity contribution in [1.29, 1.82) is 0 Å². The fourth-order valence-corrected chi connectivity index (χ4v) is 2.62. The molecule has 0 fully saturated rings. The van der Waals surface area contributed by atoms with Crippen molar-refractivity contribution in [2.45, 2.75) is 43.4 Å². The standard InChI is InChI=1S/C13H18N4S/c1-4-17-12(10(3)14)15-16-13(17)18-11-7-5-9(2)6-8-11/h5-8,10H,4,14H2,1-3H3. The highest BCUT2D eigenvalue weighted by Crippen LogP contribution is 2.27. The first-order valence-corrected chi connectivity index (χ1v) is 6.86. The molecule has 0 spiro atoms. The number of hydrogen-bond acceptors (Lipinski definition) is 4. The van der Waals surface area contributed by atoms with Crippen LogP contribution < -0.4 is 5.73 Å². The van der Waals surface area contributed by atoms with E-state index in [1.54, 1.807) is 11.8 Å². The summed E-state index contributed by atoms with van der Waals surface area (Å²) >= 11 is 1.62. The first kappa shape index (κ1) is 13.1. The molecule has 2 rings (SSSR count). The fourth-order valence-electron chi connectivity index (χ4n) is 1.72. The lowest BCUT2D eigenvalue weighted by Gasteiger charge is -2.09. The van der Waals surface area contributed by atoms with E-state index in [4.69, 9.17) is 5.73 Å². The molecule has 0 saturated heterocycles. The Morgan fingerprint density at radius 1 is 1.28 bits per heavy atom. The average Bonchev–Trinajstić information content (AvgIpc) is 2.75. The van der Waals surface area contributed by atoms with Gasteiger partial charge in [-0.3, -0.25) is 0 Å². The minimum Gasteiger partial charge on any atom is -0.322 e.